The first-order valence-corrected chi connectivity index (χ1v) is 9.07. The van der Waals surface area contributed by atoms with Gasteiger partial charge in [-0.1, -0.05) is 11.3 Å². The zero-order valence-corrected chi connectivity index (χ0v) is 15.0. The van der Waals surface area contributed by atoms with E-state index in [0.717, 1.165) is 41.7 Å². The third-order valence-electron chi connectivity index (χ3n) is 4.17. The highest BCUT2D eigenvalue weighted by atomic mass is 32.1. The van der Waals surface area contributed by atoms with Gasteiger partial charge < -0.3 is 9.64 Å². The number of thiazole rings is 1. The van der Waals surface area contributed by atoms with E-state index in [4.69, 9.17) is 4.74 Å². The van der Waals surface area contributed by atoms with Gasteiger partial charge in [0.2, 0.25) is 0 Å². The summed E-state index contributed by atoms with van der Waals surface area (Å²) in [7, 11) is 0. The van der Waals surface area contributed by atoms with Crippen LogP contribution in [0.2, 0.25) is 0 Å². The second-order valence-electron chi connectivity index (χ2n) is 6.12. The summed E-state index contributed by atoms with van der Waals surface area (Å²) in [6.07, 6.45) is 0.367. The lowest BCUT2D eigenvalue weighted by molar-refractivity contribution is 0.0983. The first kappa shape index (κ1) is 18.4. The smallest absolute Gasteiger partial charge is 0.274 e. The molecule has 0 saturated carbocycles. The number of aromatic nitrogens is 1. The van der Waals surface area contributed by atoms with Crippen molar-refractivity contribution in [2.75, 3.05) is 11.4 Å². The fourth-order valence-electron chi connectivity index (χ4n) is 2.94. The maximum absolute atomic E-state index is 14.0. The quantitative estimate of drug-likeness (QED) is 0.598. The van der Waals surface area contributed by atoms with E-state index in [2.05, 4.69) is 4.98 Å². The van der Waals surface area contributed by atoms with Crippen LogP contribution in [0.15, 0.2) is 36.4 Å². The summed E-state index contributed by atoms with van der Waals surface area (Å²) < 4.78 is 59.1. The van der Waals surface area contributed by atoms with Gasteiger partial charge in [-0.05, 0) is 29.8 Å². The molecule has 9 heteroatoms. The highest BCUT2D eigenvalue weighted by Gasteiger charge is 2.31. The number of amides is 1. The lowest BCUT2D eigenvalue weighted by atomic mass is 10.1. The van der Waals surface area contributed by atoms with E-state index in [0.29, 0.717) is 12.1 Å². The standard InChI is InChI=1S/C19H12F4N2O2S/c20-11-1-2-16(14(23)8-11)25-4-3-15-17(18(25)26)28-19(24-15)27-9-10-5-12(21)7-13(22)6-10/h1-2,5-8H,3-4,9H2. The molecule has 0 saturated heterocycles. The number of nitrogens with zero attached hydrogens (tertiary/aromatic N) is 2. The molecule has 0 aliphatic carbocycles. The van der Waals surface area contributed by atoms with Crippen LogP contribution in [0.25, 0.3) is 0 Å². The van der Waals surface area contributed by atoms with Crippen molar-refractivity contribution in [3.05, 3.63) is 75.8 Å². The minimum absolute atomic E-state index is 0.0110. The molecule has 0 atom stereocenters. The number of fused-ring (bicyclic) bond motifs is 1. The van der Waals surface area contributed by atoms with Crippen LogP contribution >= 0.6 is 11.3 Å². The van der Waals surface area contributed by atoms with E-state index in [9.17, 15) is 22.4 Å². The molecular formula is C19H12F4N2O2S. The summed E-state index contributed by atoms with van der Waals surface area (Å²) in [5, 5.41) is 0.171. The Bertz CT molecular complexity index is 1050. The summed E-state index contributed by atoms with van der Waals surface area (Å²) >= 11 is 0.970. The maximum Gasteiger partial charge on any atom is 0.274 e. The second-order valence-corrected chi connectivity index (χ2v) is 7.09. The first-order chi connectivity index (χ1) is 13.4. The Kier molecular flexibility index (Phi) is 4.76. The molecule has 4 nitrogen and oxygen atoms in total. The van der Waals surface area contributed by atoms with Crippen molar-refractivity contribution in [2.45, 2.75) is 13.0 Å². The molecule has 144 valence electrons. The van der Waals surface area contributed by atoms with Crippen molar-refractivity contribution in [3.8, 4) is 5.19 Å². The molecule has 0 bridgehead atoms. The zero-order valence-electron chi connectivity index (χ0n) is 14.2. The molecule has 0 fully saturated rings. The van der Waals surface area contributed by atoms with Crippen LogP contribution in [0.3, 0.4) is 0 Å². The molecule has 28 heavy (non-hydrogen) atoms. The van der Waals surface area contributed by atoms with Crippen LogP contribution < -0.4 is 9.64 Å². The Morgan fingerprint density at radius 3 is 2.50 bits per heavy atom. The summed E-state index contributed by atoms with van der Waals surface area (Å²) in [6.45, 7) is 0.0677. The fourth-order valence-corrected chi connectivity index (χ4v) is 3.85. The number of hydrogen-bond acceptors (Lipinski definition) is 4. The molecule has 1 amide bonds. The average molecular weight is 408 g/mol. The molecule has 0 unspecified atom stereocenters. The molecule has 1 aliphatic heterocycles. The summed E-state index contributed by atoms with van der Waals surface area (Å²) in [5.41, 5.74) is 0.782. The molecule has 2 aromatic carbocycles. The van der Waals surface area contributed by atoms with Crippen molar-refractivity contribution < 1.29 is 27.1 Å². The van der Waals surface area contributed by atoms with Gasteiger partial charge in [0.15, 0.2) is 0 Å². The number of carbonyl (C=O) groups excluding carboxylic acids is 1. The first-order valence-electron chi connectivity index (χ1n) is 8.25. The summed E-state index contributed by atoms with van der Waals surface area (Å²) in [6, 6.07) is 6.05. The van der Waals surface area contributed by atoms with Crippen LogP contribution in [0.1, 0.15) is 20.9 Å². The van der Waals surface area contributed by atoms with Crippen molar-refractivity contribution in [2.24, 2.45) is 0 Å². The van der Waals surface area contributed by atoms with Crippen LogP contribution in [0.4, 0.5) is 23.2 Å². The van der Waals surface area contributed by atoms with Crippen molar-refractivity contribution >= 4 is 22.9 Å². The largest absolute Gasteiger partial charge is 0.465 e. The molecule has 4 rings (SSSR count). The molecule has 1 aliphatic rings. The number of anilines is 1. The van der Waals surface area contributed by atoms with Gasteiger partial charge in [0.05, 0.1) is 11.4 Å². The lowest BCUT2D eigenvalue weighted by Crippen LogP contribution is -2.37. The van der Waals surface area contributed by atoms with Gasteiger partial charge in [0.1, 0.15) is 34.8 Å². The third-order valence-corrected chi connectivity index (χ3v) is 5.17. The van der Waals surface area contributed by atoms with Crippen molar-refractivity contribution in [1.82, 2.24) is 4.98 Å². The number of ether oxygens (including phenoxy) is 1. The fraction of sp³-hybridized carbons (Fsp3) is 0.158. The van der Waals surface area contributed by atoms with E-state index >= 15 is 0 Å². The van der Waals surface area contributed by atoms with E-state index in [1.54, 1.807) is 0 Å². The molecule has 0 radical (unpaired) electrons. The van der Waals surface area contributed by atoms with Crippen LogP contribution in [0, 0.1) is 23.3 Å². The SMILES string of the molecule is O=C1c2sc(OCc3cc(F)cc(F)c3)nc2CCN1c1ccc(F)cc1F. The molecule has 3 aromatic rings. The Morgan fingerprint density at radius 1 is 1.04 bits per heavy atom. The third kappa shape index (κ3) is 3.57. The topological polar surface area (TPSA) is 42.4 Å². The van der Waals surface area contributed by atoms with Crippen LogP contribution in [0.5, 0.6) is 5.19 Å². The maximum atomic E-state index is 14.0. The monoisotopic (exact) mass is 408 g/mol. The van der Waals surface area contributed by atoms with E-state index in [1.807, 2.05) is 0 Å². The number of benzene rings is 2. The van der Waals surface area contributed by atoms with Crippen LogP contribution in [-0.4, -0.2) is 17.4 Å². The Balaban J connectivity index is 1.53. The Hall–Kier alpha value is -2.94. The molecular weight excluding hydrogens is 396 g/mol. The molecule has 0 N–H and O–H groups in total. The minimum atomic E-state index is -0.828. The van der Waals surface area contributed by atoms with E-state index in [1.165, 1.54) is 11.0 Å². The van der Waals surface area contributed by atoms with Gasteiger partial charge >= 0.3 is 0 Å². The van der Waals surface area contributed by atoms with Gasteiger partial charge in [-0.3, -0.25) is 4.79 Å². The predicted molar refractivity (Wildman–Crippen MR) is 94.5 cm³/mol. The van der Waals surface area contributed by atoms with Gasteiger partial charge in [-0.25, -0.2) is 22.5 Å². The lowest BCUT2D eigenvalue weighted by Gasteiger charge is -2.26. The van der Waals surface area contributed by atoms with Gasteiger partial charge in [0, 0.05) is 25.1 Å². The van der Waals surface area contributed by atoms with Crippen molar-refractivity contribution in [1.29, 1.82) is 0 Å². The second kappa shape index (κ2) is 7.23. The predicted octanol–water partition coefficient (Wildman–Crippen LogP) is 4.48. The Morgan fingerprint density at radius 2 is 1.79 bits per heavy atom. The van der Waals surface area contributed by atoms with Crippen molar-refractivity contribution in [3.63, 3.8) is 0 Å². The van der Waals surface area contributed by atoms with Gasteiger partial charge in [0.25, 0.3) is 11.1 Å². The van der Waals surface area contributed by atoms with Gasteiger partial charge in [-0.15, -0.1) is 0 Å². The number of hydrogen-bond donors (Lipinski definition) is 0. The zero-order chi connectivity index (χ0) is 19.8. The molecule has 2 heterocycles. The highest BCUT2D eigenvalue weighted by molar-refractivity contribution is 7.15. The summed E-state index contributed by atoms with van der Waals surface area (Å²) in [4.78, 5) is 18.5. The minimum Gasteiger partial charge on any atom is -0.465 e. The number of halogens is 4. The molecule has 0 spiro atoms. The summed E-state index contributed by atoms with van der Waals surface area (Å²) in [5.74, 6) is -3.45. The highest BCUT2D eigenvalue weighted by Crippen LogP contribution is 2.33. The van der Waals surface area contributed by atoms with Gasteiger partial charge in [-0.2, -0.15) is 0 Å². The van der Waals surface area contributed by atoms with E-state index < -0.39 is 29.2 Å². The van der Waals surface area contributed by atoms with E-state index in [-0.39, 0.29) is 34.5 Å². The normalized spacial score (nSPS) is 13.6. The number of rotatable bonds is 4. The average Bonchev–Trinajstić information content (AvgIpc) is 3.04. The molecule has 1 aromatic heterocycles. The Labute approximate surface area is 161 Å². The number of carbonyl (C=O) groups is 1. The van der Waals surface area contributed by atoms with Crippen LogP contribution in [-0.2, 0) is 13.0 Å².